The minimum atomic E-state index is 0.417. The van der Waals surface area contributed by atoms with Crippen LogP contribution in [0.4, 0.5) is 0 Å². The molecule has 1 heterocycles. The average Bonchev–Trinajstić information content (AvgIpc) is 1.91. The number of hydrogen-bond acceptors (Lipinski definition) is 1. The molecular weight excluding hydrogens is 88.1 g/mol. The summed E-state index contributed by atoms with van der Waals surface area (Å²) in [6, 6.07) is 0. The molecule has 0 saturated heterocycles. The van der Waals surface area contributed by atoms with Gasteiger partial charge in [-0.25, -0.2) is 0 Å². The molecule has 1 aliphatic rings. The molecule has 1 rings (SSSR count). The highest BCUT2D eigenvalue weighted by Gasteiger charge is 2.07. The summed E-state index contributed by atoms with van der Waals surface area (Å²) in [6.45, 7) is 5.70. The Morgan fingerprint density at radius 3 is 2.71 bits per heavy atom. The second-order valence-electron chi connectivity index (χ2n) is 1.70. The molecule has 1 unspecified atom stereocenters. The summed E-state index contributed by atoms with van der Waals surface area (Å²) in [7, 11) is 0. The number of hydrogen-bond donors (Lipinski definition) is 0. The summed E-state index contributed by atoms with van der Waals surface area (Å²) in [4.78, 5) is 0. The van der Waals surface area contributed by atoms with Crippen LogP contribution in [0.15, 0.2) is 24.7 Å². The van der Waals surface area contributed by atoms with Gasteiger partial charge in [-0.1, -0.05) is 13.5 Å². The van der Waals surface area contributed by atoms with Crippen LogP contribution in [0.3, 0.4) is 0 Å². The van der Waals surface area contributed by atoms with Crippen molar-refractivity contribution >= 4 is 0 Å². The molecule has 0 aromatic rings. The first-order chi connectivity index (χ1) is 3.30. The molecule has 0 aliphatic carbocycles. The standard InChI is InChI=1S/C6H8O/c1-5-3-4-7-6(5)2/h3-5H,2H2,1H3. The Kier molecular flexibility index (Phi) is 0.895. The van der Waals surface area contributed by atoms with Crippen molar-refractivity contribution in [3.05, 3.63) is 24.7 Å². The van der Waals surface area contributed by atoms with Crippen molar-refractivity contribution in [1.29, 1.82) is 0 Å². The highest BCUT2D eigenvalue weighted by atomic mass is 16.5. The van der Waals surface area contributed by atoms with Crippen molar-refractivity contribution in [2.24, 2.45) is 5.92 Å². The van der Waals surface area contributed by atoms with Crippen LogP contribution in [0.1, 0.15) is 6.92 Å². The van der Waals surface area contributed by atoms with Gasteiger partial charge in [0.1, 0.15) is 5.76 Å². The summed E-state index contributed by atoms with van der Waals surface area (Å²) in [5.41, 5.74) is 0. The number of ether oxygens (including phenoxy) is 1. The fourth-order valence-corrected chi connectivity index (χ4v) is 0.459. The summed E-state index contributed by atoms with van der Waals surface area (Å²) >= 11 is 0. The van der Waals surface area contributed by atoms with Gasteiger partial charge < -0.3 is 4.74 Å². The van der Waals surface area contributed by atoms with E-state index in [0.29, 0.717) is 5.92 Å². The SMILES string of the molecule is C=C1OC=CC1C. The normalized spacial score (nSPS) is 28.1. The summed E-state index contributed by atoms with van der Waals surface area (Å²) < 4.78 is 4.89. The topological polar surface area (TPSA) is 9.23 Å². The zero-order valence-electron chi connectivity index (χ0n) is 4.35. The van der Waals surface area contributed by atoms with Crippen LogP contribution in [0.2, 0.25) is 0 Å². The molecule has 1 heteroatoms. The molecule has 0 aromatic heterocycles. The van der Waals surface area contributed by atoms with Gasteiger partial charge in [-0.05, 0) is 6.08 Å². The van der Waals surface area contributed by atoms with Gasteiger partial charge in [-0.3, -0.25) is 0 Å². The Bertz CT molecular complexity index is 113. The van der Waals surface area contributed by atoms with E-state index in [9.17, 15) is 0 Å². The Balaban J connectivity index is 2.62. The lowest BCUT2D eigenvalue weighted by molar-refractivity contribution is 0.350. The minimum absolute atomic E-state index is 0.417. The third kappa shape index (κ3) is 0.660. The second-order valence-corrected chi connectivity index (χ2v) is 1.70. The van der Waals surface area contributed by atoms with Crippen LogP contribution in [-0.2, 0) is 4.74 Å². The van der Waals surface area contributed by atoms with Crippen LogP contribution in [-0.4, -0.2) is 0 Å². The molecule has 0 aromatic carbocycles. The molecule has 0 amide bonds. The molecule has 7 heavy (non-hydrogen) atoms. The van der Waals surface area contributed by atoms with Crippen molar-refractivity contribution in [2.45, 2.75) is 6.92 Å². The zero-order valence-corrected chi connectivity index (χ0v) is 4.35. The van der Waals surface area contributed by atoms with E-state index in [2.05, 4.69) is 6.58 Å². The highest BCUT2D eigenvalue weighted by molar-refractivity contribution is 5.06. The van der Waals surface area contributed by atoms with E-state index in [-0.39, 0.29) is 0 Å². The van der Waals surface area contributed by atoms with E-state index in [0.717, 1.165) is 5.76 Å². The third-order valence-corrected chi connectivity index (χ3v) is 1.09. The molecule has 0 bridgehead atoms. The molecule has 0 spiro atoms. The third-order valence-electron chi connectivity index (χ3n) is 1.09. The van der Waals surface area contributed by atoms with Gasteiger partial charge >= 0.3 is 0 Å². The Morgan fingerprint density at radius 1 is 1.86 bits per heavy atom. The van der Waals surface area contributed by atoms with Crippen molar-refractivity contribution < 1.29 is 4.74 Å². The van der Waals surface area contributed by atoms with Crippen molar-refractivity contribution in [2.75, 3.05) is 0 Å². The Morgan fingerprint density at radius 2 is 2.57 bits per heavy atom. The maximum absolute atomic E-state index is 4.89. The molecule has 0 saturated carbocycles. The Hall–Kier alpha value is -0.720. The molecule has 1 atom stereocenters. The lowest BCUT2D eigenvalue weighted by Gasteiger charge is -1.96. The van der Waals surface area contributed by atoms with E-state index in [1.54, 1.807) is 6.26 Å². The quantitative estimate of drug-likeness (QED) is 0.445. The van der Waals surface area contributed by atoms with E-state index in [1.807, 2.05) is 13.0 Å². The van der Waals surface area contributed by atoms with Gasteiger partial charge in [0.05, 0.1) is 6.26 Å². The van der Waals surface area contributed by atoms with Crippen molar-refractivity contribution in [3.8, 4) is 0 Å². The predicted octanol–water partition coefficient (Wildman–Crippen LogP) is 1.68. The smallest absolute Gasteiger partial charge is 0.103 e. The predicted molar refractivity (Wildman–Crippen MR) is 28.5 cm³/mol. The summed E-state index contributed by atoms with van der Waals surface area (Å²) in [5.74, 6) is 1.26. The van der Waals surface area contributed by atoms with E-state index >= 15 is 0 Å². The van der Waals surface area contributed by atoms with Gasteiger partial charge in [-0.15, -0.1) is 0 Å². The largest absolute Gasteiger partial charge is 0.470 e. The van der Waals surface area contributed by atoms with Crippen molar-refractivity contribution in [3.63, 3.8) is 0 Å². The van der Waals surface area contributed by atoms with Crippen LogP contribution in [0.25, 0.3) is 0 Å². The zero-order chi connectivity index (χ0) is 5.28. The summed E-state index contributed by atoms with van der Waals surface area (Å²) in [6.07, 6.45) is 3.65. The highest BCUT2D eigenvalue weighted by Crippen LogP contribution is 2.17. The minimum Gasteiger partial charge on any atom is -0.470 e. The first-order valence-electron chi connectivity index (χ1n) is 2.33. The molecule has 0 radical (unpaired) electrons. The molecule has 1 aliphatic heterocycles. The maximum atomic E-state index is 4.89. The van der Waals surface area contributed by atoms with Gasteiger partial charge in [-0.2, -0.15) is 0 Å². The summed E-state index contributed by atoms with van der Waals surface area (Å²) in [5, 5.41) is 0. The molecule has 38 valence electrons. The second kappa shape index (κ2) is 1.41. The van der Waals surface area contributed by atoms with E-state index in [1.165, 1.54) is 0 Å². The van der Waals surface area contributed by atoms with Gasteiger partial charge in [0.15, 0.2) is 0 Å². The fraction of sp³-hybridized carbons (Fsp3) is 0.333. The monoisotopic (exact) mass is 96.1 g/mol. The van der Waals surface area contributed by atoms with Gasteiger partial charge in [0.25, 0.3) is 0 Å². The molecule has 0 fully saturated rings. The average molecular weight is 96.1 g/mol. The number of rotatable bonds is 0. The fourth-order valence-electron chi connectivity index (χ4n) is 0.459. The van der Waals surface area contributed by atoms with Crippen LogP contribution >= 0.6 is 0 Å². The van der Waals surface area contributed by atoms with Crippen molar-refractivity contribution in [1.82, 2.24) is 0 Å². The van der Waals surface area contributed by atoms with Gasteiger partial charge in [0, 0.05) is 5.92 Å². The lowest BCUT2D eigenvalue weighted by Crippen LogP contribution is -1.85. The van der Waals surface area contributed by atoms with E-state index in [4.69, 9.17) is 4.74 Å². The first-order valence-corrected chi connectivity index (χ1v) is 2.33. The molecule has 1 nitrogen and oxygen atoms in total. The van der Waals surface area contributed by atoms with Crippen LogP contribution < -0.4 is 0 Å². The maximum Gasteiger partial charge on any atom is 0.103 e. The first kappa shape index (κ1) is 4.44. The van der Waals surface area contributed by atoms with E-state index < -0.39 is 0 Å². The Labute approximate surface area is 43.3 Å². The molecular formula is C6H8O. The number of allylic oxidation sites excluding steroid dienone is 1. The van der Waals surface area contributed by atoms with Gasteiger partial charge in [0.2, 0.25) is 0 Å². The molecule has 0 N–H and O–H groups in total. The lowest BCUT2D eigenvalue weighted by atomic mass is 10.2. The van der Waals surface area contributed by atoms with Crippen LogP contribution in [0, 0.1) is 5.92 Å². The van der Waals surface area contributed by atoms with Crippen LogP contribution in [0.5, 0.6) is 0 Å².